The highest BCUT2D eigenvalue weighted by atomic mass is 19.4. The second kappa shape index (κ2) is 5.35. The van der Waals surface area contributed by atoms with Crippen LogP contribution in [0.4, 0.5) is 13.2 Å². The molecule has 1 aromatic carbocycles. The van der Waals surface area contributed by atoms with Crippen molar-refractivity contribution in [1.82, 2.24) is 25.9 Å². The van der Waals surface area contributed by atoms with Crippen molar-refractivity contribution in [3.63, 3.8) is 0 Å². The predicted octanol–water partition coefficient (Wildman–Crippen LogP) is 2.07. The Balaban J connectivity index is 1.97. The van der Waals surface area contributed by atoms with Crippen molar-refractivity contribution < 1.29 is 13.2 Å². The standard InChI is InChI=1S/C11H12F3N5/c1-7(15-6-10-16-18-19-17-10)8-2-4-9(5-3-8)11(12,13)14/h2-5,7,15H,6H2,1H3,(H,16,17,18,19). The summed E-state index contributed by atoms with van der Waals surface area (Å²) >= 11 is 0. The van der Waals surface area contributed by atoms with Crippen LogP contribution < -0.4 is 5.32 Å². The lowest BCUT2D eigenvalue weighted by Crippen LogP contribution is -2.19. The van der Waals surface area contributed by atoms with E-state index in [1.165, 1.54) is 12.1 Å². The lowest BCUT2D eigenvalue weighted by Gasteiger charge is -2.14. The van der Waals surface area contributed by atoms with Crippen molar-refractivity contribution in [2.75, 3.05) is 0 Å². The molecule has 2 N–H and O–H groups in total. The van der Waals surface area contributed by atoms with Crippen LogP contribution >= 0.6 is 0 Å². The molecule has 19 heavy (non-hydrogen) atoms. The number of rotatable bonds is 4. The molecule has 0 saturated heterocycles. The number of aromatic amines is 1. The van der Waals surface area contributed by atoms with Gasteiger partial charge in [0.1, 0.15) is 0 Å². The van der Waals surface area contributed by atoms with Gasteiger partial charge in [0.25, 0.3) is 0 Å². The third-order valence-electron chi connectivity index (χ3n) is 2.69. The number of halogens is 3. The van der Waals surface area contributed by atoms with E-state index in [9.17, 15) is 13.2 Å². The van der Waals surface area contributed by atoms with Crippen molar-refractivity contribution in [3.8, 4) is 0 Å². The molecule has 0 fully saturated rings. The molecule has 1 unspecified atom stereocenters. The molecule has 0 aliphatic rings. The summed E-state index contributed by atoms with van der Waals surface area (Å²) in [6.45, 7) is 2.24. The van der Waals surface area contributed by atoms with Crippen molar-refractivity contribution in [2.45, 2.75) is 25.7 Å². The maximum atomic E-state index is 12.4. The van der Waals surface area contributed by atoms with Crippen LogP contribution in [0.15, 0.2) is 24.3 Å². The topological polar surface area (TPSA) is 66.5 Å². The van der Waals surface area contributed by atoms with E-state index < -0.39 is 11.7 Å². The smallest absolute Gasteiger partial charge is 0.303 e. The maximum Gasteiger partial charge on any atom is 0.416 e. The number of hydrogen-bond donors (Lipinski definition) is 2. The van der Waals surface area contributed by atoms with Gasteiger partial charge in [-0.1, -0.05) is 17.3 Å². The van der Waals surface area contributed by atoms with Gasteiger partial charge in [0.05, 0.1) is 12.1 Å². The van der Waals surface area contributed by atoms with Crippen LogP contribution in [0, 0.1) is 0 Å². The van der Waals surface area contributed by atoms with Crippen LogP contribution in [0.2, 0.25) is 0 Å². The summed E-state index contributed by atoms with van der Waals surface area (Å²) in [5.74, 6) is 0.499. The van der Waals surface area contributed by atoms with Crippen LogP contribution in [-0.2, 0) is 12.7 Å². The highest BCUT2D eigenvalue weighted by Crippen LogP contribution is 2.29. The molecule has 0 aliphatic heterocycles. The fraction of sp³-hybridized carbons (Fsp3) is 0.364. The Hall–Kier alpha value is -1.96. The summed E-state index contributed by atoms with van der Waals surface area (Å²) in [6.07, 6.45) is -4.31. The Morgan fingerprint density at radius 2 is 1.95 bits per heavy atom. The number of aromatic nitrogens is 4. The average molecular weight is 271 g/mol. The normalized spacial score (nSPS) is 13.5. The van der Waals surface area contributed by atoms with E-state index in [4.69, 9.17) is 0 Å². The van der Waals surface area contributed by atoms with Gasteiger partial charge < -0.3 is 5.32 Å². The van der Waals surface area contributed by atoms with Gasteiger partial charge in [-0.2, -0.15) is 18.4 Å². The SMILES string of the molecule is CC(NCc1nn[nH]n1)c1ccc(C(F)(F)F)cc1. The van der Waals surface area contributed by atoms with E-state index in [1.807, 2.05) is 6.92 Å². The van der Waals surface area contributed by atoms with E-state index in [0.717, 1.165) is 17.7 Å². The summed E-state index contributed by atoms with van der Waals surface area (Å²) < 4.78 is 37.2. The molecule has 102 valence electrons. The number of nitrogens with zero attached hydrogens (tertiary/aromatic N) is 3. The second-order valence-corrected chi connectivity index (χ2v) is 4.05. The fourth-order valence-electron chi connectivity index (χ4n) is 1.58. The monoisotopic (exact) mass is 271 g/mol. The van der Waals surface area contributed by atoms with Gasteiger partial charge >= 0.3 is 6.18 Å². The predicted molar refractivity (Wildman–Crippen MR) is 60.9 cm³/mol. The molecule has 5 nitrogen and oxygen atoms in total. The van der Waals surface area contributed by atoms with E-state index in [2.05, 4.69) is 25.9 Å². The number of H-pyrrole nitrogens is 1. The van der Waals surface area contributed by atoms with Crippen LogP contribution in [0.25, 0.3) is 0 Å². The minimum atomic E-state index is -4.31. The molecule has 0 saturated carbocycles. The van der Waals surface area contributed by atoms with Crippen LogP contribution in [-0.4, -0.2) is 20.6 Å². The lowest BCUT2D eigenvalue weighted by atomic mass is 10.1. The molecule has 2 rings (SSSR count). The summed E-state index contributed by atoms with van der Waals surface area (Å²) in [7, 11) is 0. The first-order valence-corrected chi connectivity index (χ1v) is 5.59. The van der Waals surface area contributed by atoms with Crippen molar-refractivity contribution in [1.29, 1.82) is 0 Å². The first-order chi connectivity index (χ1) is 8.97. The first-order valence-electron chi connectivity index (χ1n) is 5.59. The average Bonchev–Trinajstić information content (AvgIpc) is 2.88. The van der Waals surface area contributed by atoms with Crippen LogP contribution in [0.3, 0.4) is 0 Å². The fourth-order valence-corrected chi connectivity index (χ4v) is 1.58. The molecule has 1 aromatic heterocycles. The van der Waals surface area contributed by atoms with E-state index in [1.54, 1.807) is 0 Å². The minimum absolute atomic E-state index is 0.110. The lowest BCUT2D eigenvalue weighted by molar-refractivity contribution is -0.137. The molecule has 2 aromatic rings. The third kappa shape index (κ3) is 3.50. The second-order valence-electron chi connectivity index (χ2n) is 4.05. The van der Waals surface area contributed by atoms with Gasteiger partial charge in [-0.3, -0.25) is 0 Å². The van der Waals surface area contributed by atoms with E-state index in [-0.39, 0.29) is 6.04 Å². The van der Waals surface area contributed by atoms with Gasteiger partial charge in [0, 0.05) is 6.04 Å². The number of nitrogens with one attached hydrogen (secondary N) is 2. The van der Waals surface area contributed by atoms with Crippen molar-refractivity contribution >= 4 is 0 Å². The Morgan fingerprint density at radius 3 is 2.47 bits per heavy atom. The number of hydrogen-bond acceptors (Lipinski definition) is 4. The highest BCUT2D eigenvalue weighted by Gasteiger charge is 2.30. The Labute approximate surface area is 107 Å². The molecule has 1 heterocycles. The Morgan fingerprint density at radius 1 is 1.26 bits per heavy atom. The maximum absolute atomic E-state index is 12.4. The van der Waals surface area contributed by atoms with Crippen molar-refractivity contribution in [3.05, 3.63) is 41.2 Å². The van der Waals surface area contributed by atoms with E-state index in [0.29, 0.717) is 12.4 Å². The summed E-state index contributed by atoms with van der Waals surface area (Å²) in [5, 5.41) is 16.4. The quantitative estimate of drug-likeness (QED) is 0.893. The highest BCUT2D eigenvalue weighted by molar-refractivity contribution is 5.26. The molecule has 0 amide bonds. The summed E-state index contributed by atoms with van der Waals surface area (Å²) in [4.78, 5) is 0. The molecule has 0 aliphatic carbocycles. The van der Waals surface area contributed by atoms with Crippen molar-refractivity contribution in [2.24, 2.45) is 0 Å². The van der Waals surface area contributed by atoms with Crippen LogP contribution in [0.5, 0.6) is 0 Å². The van der Waals surface area contributed by atoms with Gasteiger partial charge in [0.15, 0.2) is 5.82 Å². The zero-order chi connectivity index (χ0) is 13.9. The third-order valence-corrected chi connectivity index (χ3v) is 2.69. The molecule has 1 atom stereocenters. The van der Waals surface area contributed by atoms with Gasteiger partial charge in [-0.25, -0.2) is 0 Å². The van der Waals surface area contributed by atoms with E-state index >= 15 is 0 Å². The molecule has 8 heteroatoms. The van der Waals surface area contributed by atoms with Gasteiger partial charge in [-0.15, -0.1) is 10.2 Å². The molecular formula is C11H12F3N5. The van der Waals surface area contributed by atoms with Gasteiger partial charge in [-0.05, 0) is 24.6 Å². The van der Waals surface area contributed by atoms with Crippen LogP contribution in [0.1, 0.15) is 29.9 Å². The Kier molecular flexibility index (Phi) is 3.79. The molecule has 0 spiro atoms. The summed E-state index contributed by atoms with van der Waals surface area (Å²) in [5.41, 5.74) is 0.109. The largest absolute Gasteiger partial charge is 0.416 e. The Bertz CT molecular complexity index is 506. The number of alkyl halides is 3. The number of benzene rings is 1. The molecule has 0 bridgehead atoms. The molecular weight excluding hydrogens is 259 g/mol. The zero-order valence-corrected chi connectivity index (χ0v) is 10.1. The summed E-state index contributed by atoms with van der Waals surface area (Å²) in [6, 6.07) is 4.94. The molecule has 0 radical (unpaired) electrons. The number of tetrazole rings is 1. The first kappa shape index (κ1) is 13.5. The van der Waals surface area contributed by atoms with Gasteiger partial charge in [0.2, 0.25) is 0 Å². The zero-order valence-electron chi connectivity index (χ0n) is 10.1. The minimum Gasteiger partial charge on any atom is -0.303 e.